The lowest BCUT2D eigenvalue weighted by atomic mass is 10.5. The van der Waals surface area contributed by atoms with Gasteiger partial charge in [-0.05, 0) is 5.75 Å². The van der Waals surface area contributed by atoms with Gasteiger partial charge in [-0.1, -0.05) is 12.2 Å². The molecule has 0 rings (SSSR count). The number of rotatable bonds is 2. The molecule has 0 aromatic carbocycles. The first kappa shape index (κ1) is 6.24. The van der Waals surface area contributed by atoms with Crippen LogP contribution in [0.25, 0.3) is 0 Å². The molecular formula is C3H7NS2. The number of hydrogen-bond donors (Lipinski definition) is 2. The van der Waals surface area contributed by atoms with E-state index in [1.807, 2.05) is 0 Å². The van der Waals surface area contributed by atoms with E-state index < -0.39 is 0 Å². The van der Waals surface area contributed by atoms with E-state index in [1.54, 1.807) is 0 Å². The summed E-state index contributed by atoms with van der Waals surface area (Å²) in [4.78, 5) is 0.546. The minimum Gasteiger partial charge on any atom is -0.393 e. The van der Waals surface area contributed by atoms with E-state index in [-0.39, 0.29) is 0 Å². The van der Waals surface area contributed by atoms with Gasteiger partial charge in [0.25, 0.3) is 0 Å². The van der Waals surface area contributed by atoms with Crippen molar-refractivity contribution >= 4 is 29.8 Å². The van der Waals surface area contributed by atoms with Gasteiger partial charge in [0.2, 0.25) is 0 Å². The average molecular weight is 121 g/mol. The van der Waals surface area contributed by atoms with Crippen molar-refractivity contribution in [3.63, 3.8) is 0 Å². The third-order valence-electron chi connectivity index (χ3n) is 0.358. The molecule has 0 aliphatic heterocycles. The summed E-state index contributed by atoms with van der Waals surface area (Å²) in [7, 11) is 0. The van der Waals surface area contributed by atoms with Crippen molar-refractivity contribution in [2.45, 2.75) is 6.42 Å². The van der Waals surface area contributed by atoms with Crippen LogP contribution in [0.15, 0.2) is 0 Å². The van der Waals surface area contributed by atoms with Crippen molar-refractivity contribution in [2.75, 3.05) is 5.75 Å². The SMILES string of the molecule is NC(=S)CCS. The molecule has 1 nitrogen and oxygen atoms in total. The minimum absolute atomic E-state index is 0.546. The molecule has 0 unspecified atom stereocenters. The lowest BCUT2D eigenvalue weighted by Crippen LogP contribution is -2.07. The minimum atomic E-state index is 0.546. The zero-order valence-electron chi connectivity index (χ0n) is 3.35. The van der Waals surface area contributed by atoms with Crippen molar-refractivity contribution in [1.82, 2.24) is 0 Å². The molecule has 0 aliphatic rings. The van der Waals surface area contributed by atoms with Crippen LogP contribution in [-0.2, 0) is 0 Å². The van der Waals surface area contributed by atoms with Gasteiger partial charge >= 0.3 is 0 Å². The Morgan fingerprint density at radius 3 is 2.33 bits per heavy atom. The smallest absolute Gasteiger partial charge is 0.0735 e. The molecule has 0 saturated heterocycles. The van der Waals surface area contributed by atoms with E-state index in [2.05, 4.69) is 24.8 Å². The molecule has 0 bridgehead atoms. The molecule has 0 heterocycles. The maximum absolute atomic E-state index is 5.09. The Hall–Kier alpha value is 0.240. The highest BCUT2D eigenvalue weighted by Crippen LogP contribution is 1.80. The predicted molar refractivity (Wildman–Crippen MR) is 35.3 cm³/mol. The van der Waals surface area contributed by atoms with E-state index in [0.29, 0.717) is 4.99 Å². The van der Waals surface area contributed by atoms with Gasteiger partial charge in [0.05, 0.1) is 4.99 Å². The second-order valence-electron chi connectivity index (χ2n) is 0.940. The highest BCUT2D eigenvalue weighted by Gasteiger charge is 1.79. The maximum atomic E-state index is 5.09. The standard InChI is InChI=1S/C3H7NS2/c4-3(6)1-2-5/h5H,1-2H2,(H2,4,6). The molecule has 0 fully saturated rings. The van der Waals surface area contributed by atoms with Gasteiger partial charge in [0.15, 0.2) is 0 Å². The topological polar surface area (TPSA) is 26.0 Å². The highest BCUT2D eigenvalue weighted by molar-refractivity contribution is 7.81. The third kappa shape index (κ3) is 4.24. The molecule has 36 valence electrons. The quantitative estimate of drug-likeness (QED) is 0.413. The molecule has 0 aromatic heterocycles. The molecule has 0 amide bonds. The summed E-state index contributed by atoms with van der Waals surface area (Å²) < 4.78 is 0. The van der Waals surface area contributed by atoms with Gasteiger partial charge in [-0.3, -0.25) is 0 Å². The van der Waals surface area contributed by atoms with Crippen molar-refractivity contribution in [1.29, 1.82) is 0 Å². The highest BCUT2D eigenvalue weighted by atomic mass is 32.1. The van der Waals surface area contributed by atoms with E-state index in [0.717, 1.165) is 12.2 Å². The van der Waals surface area contributed by atoms with Gasteiger partial charge < -0.3 is 5.73 Å². The maximum Gasteiger partial charge on any atom is 0.0735 e. The molecule has 0 saturated carbocycles. The number of hydrogen-bond acceptors (Lipinski definition) is 2. The van der Waals surface area contributed by atoms with Crippen molar-refractivity contribution < 1.29 is 0 Å². The summed E-state index contributed by atoms with van der Waals surface area (Å²) in [6, 6.07) is 0. The van der Waals surface area contributed by atoms with Crippen LogP contribution in [0, 0.1) is 0 Å². The summed E-state index contributed by atoms with van der Waals surface area (Å²) in [6.45, 7) is 0. The van der Waals surface area contributed by atoms with Crippen molar-refractivity contribution in [2.24, 2.45) is 5.73 Å². The van der Waals surface area contributed by atoms with Crippen molar-refractivity contribution in [3.05, 3.63) is 0 Å². The normalized spacial score (nSPS) is 8.17. The molecule has 2 N–H and O–H groups in total. The lowest BCUT2D eigenvalue weighted by Gasteiger charge is -1.85. The molecule has 0 aliphatic carbocycles. The summed E-state index contributed by atoms with van der Waals surface area (Å²) in [5.74, 6) is 0.759. The first-order chi connectivity index (χ1) is 2.77. The summed E-state index contributed by atoms with van der Waals surface area (Å²) in [6.07, 6.45) is 0.748. The Bertz CT molecular complexity index is 52.8. The van der Waals surface area contributed by atoms with Crippen LogP contribution in [0.3, 0.4) is 0 Å². The molecule has 0 spiro atoms. The first-order valence-corrected chi connectivity index (χ1v) is 2.70. The summed E-state index contributed by atoms with van der Waals surface area (Å²) >= 11 is 8.42. The number of nitrogens with two attached hydrogens (primary N) is 1. The van der Waals surface area contributed by atoms with Gasteiger partial charge in [0, 0.05) is 6.42 Å². The fraction of sp³-hybridized carbons (Fsp3) is 0.667. The molecule has 0 atom stereocenters. The third-order valence-corrected chi connectivity index (χ3v) is 0.786. The predicted octanol–water partition coefficient (Wildman–Crippen LogP) is 0.592. The fourth-order valence-corrected chi connectivity index (χ4v) is 0.604. The van der Waals surface area contributed by atoms with Crippen LogP contribution in [0.5, 0.6) is 0 Å². The lowest BCUT2D eigenvalue weighted by molar-refractivity contribution is 1.32. The monoisotopic (exact) mass is 121 g/mol. The molecule has 6 heavy (non-hydrogen) atoms. The molecule has 0 radical (unpaired) electrons. The molecular weight excluding hydrogens is 114 g/mol. The summed E-state index contributed by atoms with van der Waals surface area (Å²) in [5, 5.41) is 0. The fourth-order valence-electron chi connectivity index (χ4n) is 0.110. The van der Waals surface area contributed by atoms with Crippen LogP contribution in [0.2, 0.25) is 0 Å². The second-order valence-corrected chi connectivity index (χ2v) is 1.91. The van der Waals surface area contributed by atoms with Crippen LogP contribution in [0.4, 0.5) is 0 Å². The molecule has 0 aromatic rings. The average Bonchev–Trinajstić information content (AvgIpc) is 1.35. The van der Waals surface area contributed by atoms with E-state index in [1.165, 1.54) is 0 Å². The van der Waals surface area contributed by atoms with Crippen LogP contribution in [-0.4, -0.2) is 10.7 Å². The Kier molecular flexibility index (Phi) is 3.57. The summed E-state index contributed by atoms with van der Waals surface area (Å²) in [5.41, 5.74) is 5.09. The van der Waals surface area contributed by atoms with Crippen LogP contribution < -0.4 is 5.73 Å². The number of thiocarbonyl (C=S) groups is 1. The number of thiol groups is 1. The zero-order valence-corrected chi connectivity index (χ0v) is 5.06. The largest absolute Gasteiger partial charge is 0.393 e. The van der Waals surface area contributed by atoms with Crippen LogP contribution >= 0.6 is 24.8 Å². The van der Waals surface area contributed by atoms with Gasteiger partial charge in [-0.15, -0.1) is 0 Å². The van der Waals surface area contributed by atoms with Crippen molar-refractivity contribution in [3.8, 4) is 0 Å². The van der Waals surface area contributed by atoms with Crippen LogP contribution in [0.1, 0.15) is 6.42 Å². The zero-order chi connectivity index (χ0) is 4.99. The Labute approximate surface area is 48.3 Å². The second kappa shape index (κ2) is 3.43. The van der Waals surface area contributed by atoms with Gasteiger partial charge in [-0.2, -0.15) is 12.6 Å². The Balaban J connectivity index is 2.83. The first-order valence-electron chi connectivity index (χ1n) is 1.66. The van der Waals surface area contributed by atoms with Gasteiger partial charge in [0.1, 0.15) is 0 Å². The van der Waals surface area contributed by atoms with E-state index in [9.17, 15) is 0 Å². The van der Waals surface area contributed by atoms with E-state index >= 15 is 0 Å². The Morgan fingerprint density at radius 2 is 2.33 bits per heavy atom. The van der Waals surface area contributed by atoms with E-state index in [4.69, 9.17) is 5.73 Å². The Morgan fingerprint density at radius 1 is 1.83 bits per heavy atom. The molecule has 3 heteroatoms. The van der Waals surface area contributed by atoms with Gasteiger partial charge in [-0.25, -0.2) is 0 Å².